The number of rotatable bonds is 5. The molecule has 0 bridgehead atoms. The Bertz CT molecular complexity index is 515. The van der Waals surface area contributed by atoms with Crippen LogP contribution in [0.15, 0.2) is 36.4 Å². The molecule has 0 aliphatic heterocycles. The van der Waals surface area contributed by atoms with Gasteiger partial charge in [-0.25, -0.2) is 4.79 Å². The Morgan fingerprint density at radius 3 is 3.00 bits per heavy atom. The number of fused-ring (bicyclic) bond motifs is 1. The minimum absolute atomic E-state index is 0.235. The molecule has 3 nitrogen and oxygen atoms in total. The summed E-state index contributed by atoms with van der Waals surface area (Å²) >= 11 is 0. The highest BCUT2D eigenvalue weighted by molar-refractivity contribution is 5.86. The molecule has 3 heteroatoms. The van der Waals surface area contributed by atoms with Crippen molar-refractivity contribution in [3.63, 3.8) is 0 Å². The van der Waals surface area contributed by atoms with Gasteiger partial charge in [-0.3, -0.25) is 0 Å². The summed E-state index contributed by atoms with van der Waals surface area (Å²) in [5, 5.41) is 0. The summed E-state index contributed by atoms with van der Waals surface area (Å²) < 4.78 is 10.5. The first-order chi connectivity index (χ1) is 9.16. The van der Waals surface area contributed by atoms with Crippen molar-refractivity contribution in [2.24, 2.45) is 0 Å². The lowest BCUT2D eigenvalue weighted by Crippen LogP contribution is -2.12. The van der Waals surface area contributed by atoms with Crippen LogP contribution in [0.4, 0.5) is 0 Å². The minimum atomic E-state index is -0.378. The average molecular weight is 258 g/mol. The summed E-state index contributed by atoms with van der Waals surface area (Å²) in [4.78, 5) is 11.2. The van der Waals surface area contributed by atoms with Crippen molar-refractivity contribution < 1.29 is 14.3 Å². The summed E-state index contributed by atoms with van der Waals surface area (Å²) in [6, 6.07) is 6.07. The van der Waals surface area contributed by atoms with Gasteiger partial charge in [-0.1, -0.05) is 24.8 Å². The predicted octanol–water partition coefficient (Wildman–Crippen LogP) is 3.14. The number of hydrogen-bond acceptors (Lipinski definition) is 3. The van der Waals surface area contributed by atoms with Crippen molar-refractivity contribution in [1.82, 2.24) is 0 Å². The Morgan fingerprint density at radius 2 is 2.21 bits per heavy atom. The van der Waals surface area contributed by atoms with E-state index >= 15 is 0 Å². The van der Waals surface area contributed by atoms with Crippen LogP contribution in [0.5, 0.6) is 5.75 Å². The molecule has 0 unspecified atom stereocenters. The number of hydrogen-bond donors (Lipinski definition) is 0. The van der Waals surface area contributed by atoms with Gasteiger partial charge in [0.25, 0.3) is 0 Å². The van der Waals surface area contributed by atoms with E-state index in [0.717, 1.165) is 18.6 Å². The quantitative estimate of drug-likeness (QED) is 0.462. The highest BCUT2D eigenvalue weighted by Gasteiger charge is 2.06. The maximum absolute atomic E-state index is 11.2. The monoisotopic (exact) mass is 258 g/mol. The normalized spacial score (nSPS) is 12.7. The van der Waals surface area contributed by atoms with Crippen molar-refractivity contribution >= 4 is 12.0 Å². The van der Waals surface area contributed by atoms with Gasteiger partial charge in [0.1, 0.15) is 19.0 Å². The van der Waals surface area contributed by atoms with Crippen LogP contribution in [0.2, 0.25) is 0 Å². The first-order valence-corrected chi connectivity index (χ1v) is 6.42. The average Bonchev–Trinajstić information content (AvgIpc) is 2.43. The van der Waals surface area contributed by atoms with Crippen LogP contribution in [-0.4, -0.2) is 19.2 Å². The van der Waals surface area contributed by atoms with Crippen molar-refractivity contribution in [1.29, 1.82) is 0 Å². The smallest absolute Gasteiger partial charge is 0.333 e. The lowest BCUT2D eigenvalue weighted by atomic mass is 9.97. The first-order valence-electron chi connectivity index (χ1n) is 6.42. The number of allylic oxidation sites excluding steroid dienone is 1. The summed E-state index contributed by atoms with van der Waals surface area (Å²) in [5.41, 5.74) is 2.96. The van der Waals surface area contributed by atoms with E-state index in [0.29, 0.717) is 12.2 Å². The largest absolute Gasteiger partial charge is 0.490 e. The van der Waals surface area contributed by atoms with Crippen molar-refractivity contribution in [2.45, 2.75) is 19.8 Å². The summed E-state index contributed by atoms with van der Waals surface area (Å²) in [6.45, 7) is 5.72. The summed E-state index contributed by atoms with van der Waals surface area (Å²) in [7, 11) is 0. The number of carbonyl (C=O) groups is 1. The Balaban J connectivity index is 1.82. The van der Waals surface area contributed by atoms with Gasteiger partial charge in [-0.2, -0.15) is 0 Å². The van der Waals surface area contributed by atoms with E-state index in [9.17, 15) is 4.79 Å². The molecular weight excluding hydrogens is 240 g/mol. The van der Waals surface area contributed by atoms with E-state index < -0.39 is 0 Å². The molecule has 0 fully saturated rings. The van der Waals surface area contributed by atoms with Gasteiger partial charge in [-0.05, 0) is 43.0 Å². The molecule has 1 aliphatic rings. The van der Waals surface area contributed by atoms with E-state index in [1.807, 2.05) is 12.1 Å². The van der Waals surface area contributed by atoms with E-state index in [2.05, 4.69) is 24.8 Å². The lowest BCUT2D eigenvalue weighted by molar-refractivity contribution is -0.139. The number of benzene rings is 1. The van der Waals surface area contributed by atoms with Crippen LogP contribution >= 0.6 is 0 Å². The molecule has 0 aromatic heterocycles. The van der Waals surface area contributed by atoms with Crippen LogP contribution < -0.4 is 4.74 Å². The summed E-state index contributed by atoms with van der Waals surface area (Å²) in [5.74, 6) is 0.425. The Hall–Kier alpha value is -2.03. The van der Waals surface area contributed by atoms with Gasteiger partial charge >= 0.3 is 5.97 Å². The van der Waals surface area contributed by atoms with Gasteiger partial charge in [0.05, 0.1) is 0 Å². The maximum atomic E-state index is 11.2. The third-order valence-electron chi connectivity index (χ3n) is 2.93. The Labute approximate surface area is 113 Å². The zero-order valence-corrected chi connectivity index (χ0v) is 11.1. The van der Waals surface area contributed by atoms with Gasteiger partial charge in [0.2, 0.25) is 0 Å². The molecule has 0 saturated heterocycles. The molecule has 100 valence electrons. The highest BCUT2D eigenvalue weighted by atomic mass is 16.6. The van der Waals surface area contributed by atoms with Gasteiger partial charge in [-0.15, -0.1) is 0 Å². The third kappa shape index (κ3) is 3.71. The van der Waals surface area contributed by atoms with Crippen LogP contribution in [0.1, 0.15) is 24.5 Å². The number of aryl methyl sites for hydroxylation is 1. The lowest BCUT2D eigenvalue weighted by Gasteiger charge is -2.13. The zero-order valence-electron chi connectivity index (χ0n) is 11.1. The Kier molecular flexibility index (Phi) is 4.39. The fourth-order valence-electron chi connectivity index (χ4n) is 1.91. The van der Waals surface area contributed by atoms with Crippen molar-refractivity contribution in [2.75, 3.05) is 13.2 Å². The molecule has 0 radical (unpaired) electrons. The fraction of sp³-hybridized carbons (Fsp3) is 0.312. The van der Waals surface area contributed by atoms with Crippen molar-refractivity contribution in [3.05, 3.63) is 47.6 Å². The molecule has 0 spiro atoms. The number of esters is 1. The second-order valence-electron chi connectivity index (χ2n) is 4.57. The second kappa shape index (κ2) is 6.23. The standard InChI is InChI=1S/C16H18O3/c1-12(2)16(17)19-10-9-18-15-8-7-13-5-3-4-6-14(13)11-15/h4,6-8,11H,1,3,5,9-10H2,2H3. The van der Waals surface area contributed by atoms with Crippen molar-refractivity contribution in [3.8, 4) is 5.75 Å². The molecule has 2 rings (SSSR count). The second-order valence-corrected chi connectivity index (χ2v) is 4.57. The molecule has 0 atom stereocenters. The Morgan fingerprint density at radius 1 is 1.37 bits per heavy atom. The molecule has 0 saturated carbocycles. The molecule has 1 aromatic rings. The van der Waals surface area contributed by atoms with Gasteiger partial charge in [0, 0.05) is 5.57 Å². The molecular formula is C16H18O3. The molecule has 1 aliphatic carbocycles. The van der Waals surface area contributed by atoms with E-state index in [1.165, 1.54) is 11.1 Å². The first kappa shape index (κ1) is 13.4. The minimum Gasteiger partial charge on any atom is -0.490 e. The molecule has 1 aromatic carbocycles. The molecule has 0 N–H and O–H groups in total. The van der Waals surface area contributed by atoms with Gasteiger partial charge < -0.3 is 9.47 Å². The van der Waals surface area contributed by atoms with Crippen LogP contribution in [-0.2, 0) is 16.0 Å². The van der Waals surface area contributed by atoms with Crippen LogP contribution in [0, 0.1) is 0 Å². The van der Waals surface area contributed by atoms with Crippen LogP contribution in [0.3, 0.4) is 0 Å². The van der Waals surface area contributed by atoms with Crippen LogP contribution in [0.25, 0.3) is 6.08 Å². The predicted molar refractivity (Wildman–Crippen MR) is 75.1 cm³/mol. The summed E-state index contributed by atoms with van der Waals surface area (Å²) in [6.07, 6.45) is 6.47. The van der Waals surface area contributed by atoms with E-state index in [4.69, 9.17) is 9.47 Å². The number of ether oxygens (including phenoxy) is 2. The van der Waals surface area contributed by atoms with Gasteiger partial charge in [0.15, 0.2) is 0 Å². The molecule has 0 heterocycles. The molecule has 0 amide bonds. The van der Waals surface area contributed by atoms with E-state index in [1.54, 1.807) is 6.92 Å². The number of carbonyl (C=O) groups excluding carboxylic acids is 1. The maximum Gasteiger partial charge on any atom is 0.333 e. The van der Waals surface area contributed by atoms with E-state index in [-0.39, 0.29) is 12.6 Å². The highest BCUT2D eigenvalue weighted by Crippen LogP contribution is 2.23. The zero-order chi connectivity index (χ0) is 13.7. The molecule has 19 heavy (non-hydrogen) atoms. The third-order valence-corrected chi connectivity index (χ3v) is 2.93. The topological polar surface area (TPSA) is 35.5 Å². The SMILES string of the molecule is C=C(C)C(=O)OCCOc1ccc2c(c1)C=CCC2. The fourth-order valence-corrected chi connectivity index (χ4v) is 1.91.